The van der Waals surface area contributed by atoms with Crippen molar-refractivity contribution in [2.24, 2.45) is 0 Å². The number of hydrogen-bond acceptors (Lipinski definition) is 5. The van der Waals surface area contributed by atoms with Crippen LogP contribution in [0.4, 0.5) is 0 Å². The summed E-state index contributed by atoms with van der Waals surface area (Å²) in [5.41, 5.74) is 1.48. The Labute approximate surface area is 148 Å². The van der Waals surface area contributed by atoms with Crippen LogP contribution in [0.2, 0.25) is 0 Å². The van der Waals surface area contributed by atoms with E-state index >= 15 is 0 Å². The average Bonchev–Trinajstić information content (AvgIpc) is 3.07. The molecule has 1 aromatic heterocycles. The summed E-state index contributed by atoms with van der Waals surface area (Å²) in [6, 6.07) is 2.36. The van der Waals surface area contributed by atoms with Crippen LogP contribution in [0, 0.1) is 0 Å². The van der Waals surface area contributed by atoms with Gasteiger partial charge in [-0.05, 0) is 38.5 Å². The highest BCUT2D eigenvalue weighted by atomic mass is 16.5. The highest BCUT2D eigenvalue weighted by Crippen LogP contribution is 2.31. The minimum absolute atomic E-state index is 0.000857. The topological polar surface area (TPSA) is 76.4 Å². The first-order chi connectivity index (χ1) is 12.1. The molecule has 0 unspecified atom stereocenters. The molecule has 6 heteroatoms. The van der Waals surface area contributed by atoms with Crippen LogP contribution in [-0.4, -0.2) is 39.7 Å². The number of fused-ring (bicyclic) bond motifs is 1. The maximum Gasteiger partial charge on any atom is 0.267 e. The van der Waals surface area contributed by atoms with Crippen molar-refractivity contribution < 1.29 is 9.84 Å². The summed E-state index contributed by atoms with van der Waals surface area (Å²) in [6.45, 7) is 1.91. The molecule has 0 aromatic carbocycles. The number of aliphatic hydroxyl groups is 1. The number of nitrogens with one attached hydrogen (secondary N) is 1. The van der Waals surface area contributed by atoms with E-state index in [1.807, 2.05) is 0 Å². The van der Waals surface area contributed by atoms with E-state index in [4.69, 9.17) is 4.74 Å². The monoisotopic (exact) mass is 347 g/mol. The third kappa shape index (κ3) is 3.81. The van der Waals surface area contributed by atoms with Gasteiger partial charge >= 0.3 is 0 Å². The van der Waals surface area contributed by atoms with Gasteiger partial charge in [0.1, 0.15) is 0 Å². The highest BCUT2D eigenvalue weighted by Gasteiger charge is 2.32. The molecular weight excluding hydrogens is 318 g/mol. The molecule has 2 heterocycles. The molecule has 138 valence electrons. The van der Waals surface area contributed by atoms with Gasteiger partial charge in [0.15, 0.2) is 0 Å². The molecule has 2 fully saturated rings. The first-order valence-corrected chi connectivity index (χ1v) is 9.78. The van der Waals surface area contributed by atoms with E-state index in [0.29, 0.717) is 25.8 Å². The molecule has 2 N–H and O–H groups in total. The van der Waals surface area contributed by atoms with Crippen LogP contribution in [-0.2, 0) is 17.8 Å². The summed E-state index contributed by atoms with van der Waals surface area (Å²) in [5.74, 6) is 0. The second-order valence-corrected chi connectivity index (χ2v) is 8.02. The van der Waals surface area contributed by atoms with Crippen LogP contribution in [0.3, 0.4) is 0 Å². The lowest BCUT2D eigenvalue weighted by Gasteiger charge is -2.32. The number of hydrogen-bond donors (Lipinski definition) is 2. The molecule has 25 heavy (non-hydrogen) atoms. The zero-order valence-electron chi connectivity index (χ0n) is 14.9. The van der Waals surface area contributed by atoms with Crippen LogP contribution in [0.1, 0.15) is 68.7 Å². The lowest BCUT2D eigenvalue weighted by molar-refractivity contribution is 0.0426. The van der Waals surface area contributed by atoms with Crippen molar-refractivity contribution in [2.75, 3.05) is 13.2 Å². The van der Waals surface area contributed by atoms with Gasteiger partial charge in [-0.1, -0.05) is 12.8 Å². The van der Waals surface area contributed by atoms with Crippen molar-refractivity contribution in [3.63, 3.8) is 0 Å². The van der Waals surface area contributed by atoms with Crippen LogP contribution in [0.25, 0.3) is 0 Å². The number of rotatable bonds is 4. The molecule has 6 nitrogen and oxygen atoms in total. The molecule has 1 aromatic rings. The lowest BCUT2D eigenvalue weighted by Crippen LogP contribution is -2.44. The van der Waals surface area contributed by atoms with E-state index in [1.165, 1.54) is 0 Å². The summed E-state index contributed by atoms with van der Waals surface area (Å²) in [5, 5.41) is 18.7. The molecule has 0 bridgehead atoms. The van der Waals surface area contributed by atoms with Gasteiger partial charge in [-0.2, -0.15) is 5.10 Å². The fraction of sp³-hybridized carbons (Fsp3) is 0.789. The molecule has 0 spiro atoms. The van der Waals surface area contributed by atoms with Gasteiger partial charge in [-0.3, -0.25) is 4.79 Å². The minimum Gasteiger partial charge on any atom is -0.389 e. The molecule has 0 radical (unpaired) electrons. The quantitative estimate of drug-likeness (QED) is 0.867. The Bertz CT molecular complexity index is 658. The number of ether oxygens (including phenoxy) is 1. The van der Waals surface area contributed by atoms with Gasteiger partial charge in [0.2, 0.25) is 0 Å². The maximum absolute atomic E-state index is 12.4. The summed E-state index contributed by atoms with van der Waals surface area (Å²) in [7, 11) is 0. The van der Waals surface area contributed by atoms with Gasteiger partial charge in [0.25, 0.3) is 5.56 Å². The predicted molar refractivity (Wildman–Crippen MR) is 94.6 cm³/mol. The minimum atomic E-state index is -0.490. The molecule has 0 atom stereocenters. The van der Waals surface area contributed by atoms with Gasteiger partial charge < -0.3 is 15.2 Å². The van der Waals surface area contributed by atoms with Crippen molar-refractivity contribution in [1.82, 2.24) is 15.1 Å². The van der Waals surface area contributed by atoms with Crippen LogP contribution in [0.15, 0.2) is 10.9 Å². The maximum atomic E-state index is 12.4. The summed E-state index contributed by atoms with van der Waals surface area (Å²) in [6.07, 6.45) is 8.94. The molecule has 2 saturated carbocycles. The van der Waals surface area contributed by atoms with Gasteiger partial charge in [-0.15, -0.1) is 0 Å². The van der Waals surface area contributed by atoms with E-state index in [-0.39, 0.29) is 11.6 Å². The standard InChI is InChI=1S/C19H29N3O3/c23-18-11-14-12-25-10-7-17(14)21-22(18)16-5-3-15(4-6-16)20-13-19(24)8-1-2-9-19/h11,15-16,20,24H,1-10,12-13H2. The third-order valence-corrected chi connectivity index (χ3v) is 6.16. The Morgan fingerprint density at radius 1 is 1.28 bits per heavy atom. The van der Waals surface area contributed by atoms with E-state index in [9.17, 15) is 9.90 Å². The van der Waals surface area contributed by atoms with Crippen molar-refractivity contribution in [3.05, 3.63) is 27.7 Å². The second-order valence-electron chi connectivity index (χ2n) is 8.02. The van der Waals surface area contributed by atoms with Gasteiger partial charge in [0.05, 0.1) is 30.6 Å². The normalized spacial score (nSPS) is 28.7. The van der Waals surface area contributed by atoms with Crippen molar-refractivity contribution in [2.45, 2.75) is 82.1 Å². The largest absolute Gasteiger partial charge is 0.389 e. The van der Waals surface area contributed by atoms with Gasteiger partial charge in [0, 0.05) is 30.6 Å². The molecule has 3 aliphatic rings. The zero-order valence-corrected chi connectivity index (χ0v) is 14.9. The summed E-state index contributed by atoms with van der Waals surface area (Å²) in [4.78, 5) is 12.4. The summed E-state index contributed by atoms with van der Waals surface area (Å²) < 4.78 is 7.12. The first-order valence-electron chi connectivity index (χ1n) is 9.78. The Balaban J connectivity index is 1.35. The Morgan fingerprint density at radius 2 is 2.04 bits per heavy atom. The fourth-order valence-electron chi connectivity index (χ4n) is 4.56. The Morgan fingerprint density at radius 3 is 2.80 bits per heavy atom. The van der Waals surface area contributed by atoms with Crippen molar-refractivity contribution in [3.8, 4) is 0 Å². The summed E-state index contributed by atoms with van der Waals surface area (Å²) >= 11 is 0. The smallest absolute Gasteiger partial charge is 0.267 e. The third-order valence-electron chi connectivity index (χ3n) is 6.16. The fourth-order valence-corrected chi connectivity index (χ4v) is 4.56. The van der Waals surface area contributed by atoms with E-state index in [1.54, 1.807) is 10.7 Å². The van der Waals surface area contributed by atoms with Gasteiger partial charge in [-0.25, -0.2) is 4.68 Å². The van der Waals surface area contributed by atoms with E-state index < -0.39 is 5.60 Å². The molecule has 4 rings (SSSR count). The molecular formula is C19H29N3O3. The Kier molecular flexibility index (Phi) is 4.93. The first kappa shape index (κ1) is 17.2. The van der Waals surface area contributed by atoms with Crippen LogP contribution >= 0.6 is 0 Å². The van der Waals surface area contributed by atoms with Crippen molar-refractivity contribution >= 4 is 0 Å². The molecule has 2 aliphatic carbocycles. The molecule has 0 amide bonds. The highest BCUT2D eigenvalue weighted by molar-refractivity contribution is 5.19. The molecule has 1 aliphatic heterocycles. The average molecular weight is 347 g/mol. The second kappa shape index (κ2) is 7.17. The van der Waals surface area contributed by atoms with Crippen molar-refractivity contribution in [1.29, 1.82) is 0 Å². The SMILES string of the molecule is O=c1cc2c(nn1C1CCC(NCC3(O)CCCC3)CC1)CCOC2. The van der Waals surface area contributed by atoms with Crippen LogP contribution < -0.4 is 10.9 Å². The van der Waals surface area contributed by atoms with E-state index in [2.05, 4.69) is 10.4 Å². The Hall–Kier alpha value is -1.24. The lowest BCUT2D eigenvalue weighted by atomic mass is 9.90. The number of nitrogens with zero attached hydrogens (tertiary/aromatic N) is 2. The molecule has 0 saturated heterocycles. The zero-order chi connectivity index (χ0) is 17.3. The number of aromatic nitrogens is 2. The predicted octanol–water partition coefficient (Wildman–Crippen LogP) is 1.69. The van der Waals surface area contributed by atoms with E-state index in [0.717, 1.165) is 69.0 Å². The van der Waals surface area contributed by atoms with Crippen LogP contribution in [0.5, 0.6) is 0 Å².